The third-order valence-electron chi connectivity index (χ3n) is 4.39. The quantitative estimate of drug-likeness (QED) is 0.502. The fourth-order valence-corrected chi connectivity index (χ4v) is 3.83. The first kappa shape index (κ1) is 19.2. The molecule has 6 nitrogen and oxygen atoms in total. The Hall–Kier alpha value is -3.16. The zero-order valence-corrected chi connectivity index (χ0v) is 16.9. The second-order valence-electron chi connectivity index (χ2n) is 6.55. The van der Waals surface area contributed by atoms with Crippen molar-refractivity contribution in [2.24, 2.45) is 0 Å². The molecule has 1 aromatic heterocycles. The first-order valence-electron chi connectivity index (χ1n) is 8.67. The van der Waals surface area contributed by atoms with Crippen molar-refractivity contribution in [3.05, 3.63) is 77.3 Å². The Morgan fingerprint density at radius 1 is 1.03 bits per heavy atom. The van der Waals surface area contributed by atoms with Crippen molar-refractivity contribution in [1.82, 2.24) is 9.97 Å². The fraction of sp³-hybridized carbons (Fsp3) is 0.0476. The number of anilines is 1. The van der Waals surface area contributed by atoms with Crippen molar-refractivity contribution < 1.29 is 13.2 Å². The minimum Gasteiger partial charge on any atom is -0.338 e. The van der Waals surface area contributed by atoms with Crippen LogP contribution in [-0.2, 0) is 9.84 Å². The largest absolute Gasteiger partial charge is 0.338 e. The summed E-state index contributed by atoms with van der Waals surface area (Å²) >= 11 is 6.24. The third kappa shape index (κ3) is 4.01. The Morgan fingerprint density at radius 2 is 1.83 bits per heavy atom. The maximum absolute atomic E-state index is 12.6. The molecule has 0 saturated heterocycles. The standard InChI is InChI=1S/C21H16ClN3O3S/c1-29(27,28)15-6-4-5-13(11-15)21(26)23-14-9-10-18-19(12-14)25-20(24-18)16-7-2-3-8-17(16)22/h2-12H,1H3,(H,23,26)(H,24,25). The number of nitrogens with zero attached hydrogens (tertiary/aromatic N) is 1. The number of aromatic nitrogens is 2. The van der Waals surface area contributed by atoms with Gasteiger partial charge in [-0.1, -0.05) is 29.8 Å². The second kappa shape index (κ2) is 7.35. The van der Waals surface area contributed by atoms with E-state index in [0.717, 1.165) is 22.9 Å². The lowest BCUT2D eigenvalue weighted by Crippen LogP contribution is -2.12. The molecular formula is C21H16ClN3O3S. The van der Waals surface area contributed by atoms with Crippen molar-refractivity contribution in [3.8, 4) is 11.4 Å². The summed E-state index contributed by atoms with van der Waals surface area (Å²) in [6.45, 7) is 0. The van der Waals surface area contributed by atoms with Crippen LogP contribution in [-0.4, -0.2) is 30.5 Å². The van der Waals surface area contributed by atoms with Crippen LogP contribution in [0, 0.1) is 0 Å². The summed E-state index contributed by atoms with van der Waals surface area (Å²) in [6.07, 6.45) is 1.10. The van der Waals surface area contributed by atoms with E-state index in [1.807, 2.05) is 18.2 Å². The van der Waals surface area contributed by atoms with Gasteiger partial charge in [0.15, 0.2) is 9.84 Å². The van der Waals surface area contributed by atoms with E-state index in [1.54, 1.807) is 36.4 Å². The van der Waals surface area contributed by atoms with Gasteiger partial charge in [-0.25, -0.2) is 13.4 Å². The average Bonchev–Trinajstić information content (AvgIpc) is 3.11. The summed E-state index contributed by atoms with van der Waals surface area (Å²) in [7, 11) is -3.39. The maximum atomic E-state index is 12.6. The lowest BCUT2D eigenvalue weighted by atomic mass is 10.2. The highest BCUT2D eigenvalue weighted by atomic mass is 35.5. The molecule has 0 spiro atoms. The molecule has 0 atom stereocenters. The summed E-state index contributed by atoms with van der Waals surface area (Å²) in [6, 6.07) is 18.6. The Kier molecular flexibility index (Phi) is 4.86. The number of H-pyrrole nitrogens is 1. The molecule has 0 radical (unpaired) electrons. The molecule has 0 bridgehead atoms. The molecule has 1 heterocycles. The number of carbonyl (C=O) groups excluding carboxylic acids is 1. The lowest BCUT2D eigenvalue weighted by Gasteiger charge is -2.06. The average molecular weight is 426 g/mol. The lowest BCUT2D eigenvalue weighted by molar-refractivity contribution is 0.102. The molecule has 0 saturated carbocycles. The number of amides is 1. The van der Waals surface area contributed by atoms with E-state index in [9.17, 15) is 13.2 Å². The van der Waals surface area contributed by atoms with Gasteiger partial charge in [0.1, 0.15) is 5.82 Å². The van der Waals surface area contributed by atoms with E-state index in [1.165, 1.54) is 12.1 Å². The summed E-state index contributed by atoms with van der Waals surface area (Å²) in [4.78, 5) is 20.4. The Bertz CT molecular complexity index is 1350. The van der Waals surface area contributed by atoms with Crippen LogP contribution in [0.25, 0.3) is 22.4 Å². The number of sulfone groups is 1. The van der Waals surface area contributed by atoms with Gasteiger partial charge in [-0.05, 0) is 48.5 Å². The van der Waals surface area contributed by atoms with Crippen molar-refractivity contribution in [2.45, 2.75) is 4.90 Å². The molecule has 2 N–H and O–H groups in total. The van der Waals surface area contributed by atoms with Crippen LogP contribution in [0.4, 0.5) is 5.69 Å². The highest BCUT2D eigenvalue weighted by molar-refractivity contribution is 7.90. The monoisotopic (exact) mass is 425 g/mol. The molecule has 1 amide bonds. The SMILES string of the molecule is CS(=O)(=O)c1cccc(C(=O)Nc2ccc3nc(-c4ccccc4Cl)[nH]c3c2)c1. The number of hydrogen-bond acceptors (Lipinski definition) is 4. The first-order valence-corrected chi connectivity index (χ1v) is 10.9. The van der Waals surface area contributed by atoms with Gasteiger partial charge < -0.3 is 10.3 Å². The smallest absolute Gasteiger partial charge is 0.255 e. The maximum Gasteiger partial charge on any atom is 0.255 e. The van der Waals surface area contributed by atoms with Crippen LogP contribution in [0.5, 0.6) is 0 Å². The topological polar surface area (TPSA) is 91.9 Å². The van der Waals surface area contributed by atoms with Gasteiger partial charge in [0.25, 0.3) is 5.91 Å². The van der Waals surface area contributed by atoms with E-state index in [4.69, 9.17) is 11.6 Å². The van der Waals surface area contributed by atoms with Crippen LogP contribution in [0.1, 0.15) is 10.4 Å². The fourth-order valence-electron chi connectivity index (χ4n) is 2.94. The van der Waals surface area contributed by atoms with Gasteiger partial charge in [-0.2, -0.15) is 0 Å². The molecule has 0 aliphatic heterocycles. The van der Waals surface area contributed by atoms with Gasteiger partial charge >= 0.3 is 0 Å². The normalized spacial score (nSPS) is 11.5. The summed E-state index contributed by atoms with van der Waals surface area (Å²) in [5.41, 5.74) is 3.07. The van der Waals surface area contributed by atoms with E-state index < -0.39 is 15.7 Å². The van der Waals surface area contributed by atoms with Crippen LogP contribution in [0.15, 0.2) is 71.6 Å². The molecule has 4 aromatic rings. The number of imidazole rings is 1. The van der Waals surface area contributed by atoms with Crippen LogP contribution < -0.4 is 5.32 Å². The number of carbonyl (C=O) groups is 1. The Balaban J connectivity index is 1.62. The van der Waals surface area contributed by atoms with Crippen LogP contribution in [0.2, 0.25) is 5.02 Å². The number of nitrogens with one attached hydrogen (secondary N) is 2. The highest BCUT2D eigenvalue weighted by Gasteiger charge is 2.13. The minimum atomic E-state index is -3.39. The molecule has 8 heteroatoms. The van der Waals surface area contributed by atoms with Crippen LogP contribution in [0.3, 0.4) is 0 Å². The molecule has 0 aliphatic carbocycles. The zero-order valence-electron chi connectivity index (χ0n) is 15.3. The number of benzene rings is 3. The van der Waals surface area contributed by atoms with E-state index in [2.05, 4.69) is 15.3 Å². The van der Waals surface area contributed by atoms with Crippen molar-refractivity contribution >= 4 is 44.1 Å². The van der Waals surface area contributed by atoms with Crippen molar-refractivity contribution in [2.75, 3.05) is 11.6 Å². The van der Waals surface area contributed by atoms with Gasteiger partial charge in [0.05, 0.1) is 21.0 Å². The van der Waals surface area contributed by atoms with Crippen molar-refractivity contribution in [1.29, 1.82) is 0 Å². The molecule has 0 fully saturated rings. The van der Waals surface area contributed by atoms with Gasteiger partial charge in [0, 0.05) is 23.1 Å². The first-order chi connectivity index (χ1) is 13.8. The molecule has 146 valence electrons. The number of fused-ring (bicyclic) bond motifs is 1. The summed E-state index contributed by atoms with van der Waals surface area (Å²) in [5.74, 6) is 0.232. The molecule has 3 aromatic carbocycles. The van der Waals surface area contributed by atoms with Crippen molar-refractivity contribution in [3.63, 3.8) is 0 Å². The van der Waals surface area contributed by atoms with E-state index >= 15 is 0 Å². The number of rotatable bonds is 4. The number of halogens is 1. The minimum absolute atomic E-state index is 0.0959. The van der Waals surface area contributed by atoms with Gasteiger partial charge in [-0.15, -0.1) is 0 Å². The highest BCUT2D eigenvalue weighted by Crippen LogP contribution is 2.28. The van der Waals surface area contributed by atoms with Gasteiger partial charge in [-0.3, -0.25) is 4.79 Å². The zero-order chi connectivity index (χ0) is 20.6. The van der Waals surface area contributed by atoms with Gasteiger partial charge in [0.2, 0.25) is 0 Å². The van der Waals surface area contributed by atoms with E-state index in [0.29, 0.717) is 16.5 Å². The number of hydrogen-bond donors (Lipinski definition) is 2. The number of aromatic amines is 1. The molecule has 4 rings (SSSR count). The summed E-state index contributed by atoms with van der Waals surface area (Å²) in [5, 5.41) is 3.37. The predicted octanol–water partition coefficient (Wildman–Crippen LogP) is 4.54. The summed E-state index contributed by atoms with van der Waals surface area (Å²) < 4.78 is 23.4. The Labute approximate surface area is 172 Å². The molecule has 0 unspecified atom stereocenters. The van der Waals surface area contributed by atoms with Crippen LogP contribution >= 0.6 is 11.6 Å². The van der Waals surface area contributed by atoms with E-state index in [-0.39, 0.29) is 10.5 Å². The Morgan fingerprint density at radius 3 is 2.59 bits per heavy atom. The molecular weight excluding hydrogens is 410 g/mol. The third-order valence-corrected chi connectivity index (χ3v) is 5.83. The molecule has 0 aliphatic rings. The second-order valence-corrected chi connectivity index (χ2v) is 8.97. The predicted molar refractivity (Wildman–Crippen MR) is 114 cm³/mol. The molecule has 29 heavy (non-hydrogen) atoms.